The summed E-state index contributed by atoms with van der Waals surface area (Å²) in [6.45, 7) is 3.83. The van der Waals surface area contributed by atoms with Gasteiger partial charge in [-0.05, 0) is 31.5 Å². The van der Waals surface area contributed by atoms with Crippen molar-refractivity contribution in [1.82, 2.24) is 0 Å². The second-order valence-corrected chi connectivity index (χ2v) is 6.04. The molecule has 8 heteroatoms. The minimum atomic E-state index is -4.37. The Kier molecular flexibility index (Phi) is 6.58. The summed E-state index contributed by atoms with van der Waals surface area (Å²) in [5.74, 6) is 0. The molecule has 0 aliphatic heterocycles. The molecule has 0 spiro atoms. The highest BCUT2D eigenvalue weighted by Gasteiger charge is 2.29. The van der Waals surface area contributed by atoms with Gasteiger partial charge in [0.25, 0.3) is 0 Å². The van der Waals surface area contributed by atoms with E-state index in [-0.39, 0.29) is 19.5 Å². The van der Waals surface area contributed by atoms with Gasteiger partial charge in [-0.1, -0.05) is 12.1 Å². The van der Waals surface area contributed by atoms with E-state index in [1.54, 1.807) is 13.8 Å². The maximum Gasteiger partial charge on any atom is 0.416 e. The zero-order valence-electron chi connectivity index (χ0n) is 11.8. The second-order valence-electron chi connectivity index (χ2n) is 4.02. The van der Waals surface area contributed by atoms with Gasteiger partial charge in [0.05, 0.1) is 18.8 Å². The lowest BCUT2D eigenvalue weighted by Crippen LogP contribution is -2.04. The Morgan fingerprint density at radius 3 is 2.10 bits per heavy atom. The van der Waals surface area contributed by atoms with Crippen molar-refractivity contribution in [2.75, 3.05) is 19.5 Å². The summed E-state index contributed by atoms with van der Waals surface area (Å²) in [4.78, 5) is 3.92. The van der Waals surface area contributed by atoms with Crippen molar-refractivity contribution >= 4 is 13.8 Å². The topological polar surface area (TPSA) is 47.9 Å². The molecule has 0 saturated carbocycles. The van der Waals surface area contributed by atoms with E-state index in [2.05, 4.69) is 4.99 Å². The van der Waals surface area contributed by atoms with Gasteiger partial charge in [-0.25, -0.2) is 0 Å². The van der Waals surface area contributed by atoms with E-state index in [1.165, 1.54) is 18.3 Å². The average molecular weight is 323 g/mol. The summed E-state index contributed by atoms with van der Waals surface area (Å²) in [6.07, 6.45) is -3.20. The summed E-state index contributed by atoms with van der Waals surface area (Å²) in [5, 5.41) is 0. The Bertz CT molecular complexity index is 504. The monoisotopic (exact) mass is 323 g/mol. The van der Waals surface area contributed by atoms with Crippen LogP contribution in [0.15, 0.2) is 29.3 Å². The smallest absolute Gasteiger partial charge is 0.308 e. The third-order valence-electron chi connectivity index (χ3n) is 2.38. The fourth-order valence-corrected chi connectivity index (χ4v) is 2.82. The van der Waals surface area contributed by atoms with Crippen LogP contribution in [0.4, 0.5) is 13.2 Å². The maximum absolute atomic E-state index is 12.4. The van der Waals surface area contributed by atoms with E-state index < -0.39 is 19.3 Å². The third-order valence-corrected chi connectivity index (χ3v) is 4.20. The van der Waals surface area contributed by atoms with Crippen molar-refractivity contribution in [1.29, 1.82) is 0 Å². The van der Waals surface area contributed by atoms with E-state index >= 15 is 0 Å². The molecule has 0 aliphatic rings. The number of hydrogen-bond acceptors (Lipinski definition) is 4. The first-order valence-corrected chi connectivity index (χ1v) is 8.08. The molecular weight excluding hydrogens is 306 g/mol. The highest BCUT2D eigenvalue weighted by atomic mass is 31.2. The van der Waals surface area contributed by atoms with Crippen LogP contribution in [0.2, 0.25) is 0 Å². The van der Waals surface area contributed by atoms with Crippen LogP contribution in [0.25, 0.3) is 0 Å². The largest absolute Gasteiger partial charge is 0.416 e. The number of hydrogen-bond donors (Lipinski definition) is 0. The molecule has 0 bridgehead atoms. The van der Waals surface area contributed by atoms with E-state index in [9.17, 15) is 17.7 Å². The van der Waals surface area contributed by atoms with Crippen molar-refractivity contribution < 1.29 is 26.8 Å². The summed E-state index contributed by atoms with van der Waals surface area (Å²) < 4.78 is 59.3. The van der Waals surface area contributed by atoms with E-state index in [0.29, 0.717) is 5.56 Å². The molecule has 21 heavy (non-hydrogen) atoms. The van der Waals surface area contributed by atoms with Crippen LogP contribution >= 0.6 is 7.60 Å². The van der Waals surface area contributed by atoms with Gasteiger partial charge in [0, 0.05) is 6.21 Å². The number of aliphatic imine (C=N–C) groups is 1. The van der Waals surface area contributed by atoms with Crippen molar-refractivity contribution in [3.8, 4) is 0 Å². The summed E-state index contributed by atoms with van der Waals surface area (Å²) >= 11 is 0. The molecule has 0 radical (unpaired) electrons. The van der Waals surface area contributed by atoms with Crippen LogP contribution in [-0.2, 0) is 19.8 Å². The summed E-state index contributed by atoms with van der Waals surface area (Å²) in [5.41, 5.74) is -0.253. The summed E-state index contributed by atoms with van der Waals surface area (Å²) in [7, 11) is -3.27. The first-order valence-electron chi connectivity index (χ1n) is 6.36. The van der Waals surface area contributed by atoms with Gasteiger partial charge in [-0.3, -0.25) is 9.56 Å². The molecule has 0 amide bonds. The molecule has 1 aromatic rings. The Balaban J connectivity index is 2.70. The zero-order valence-corrected chi connectivity index (χ0v) is 12.7. The molecule has 0 N–H and O–H groups in total. The zero-order chi connectivity index (χ0) is 15.9. The van der Waals surface area contributed by atoms with Gasteiger partial charge < -0.3 is 9.05 Å². The lowest BCUT2D eigenvalue weighted by molar-refractivity contribution is -0.137. The van der Waals surface area contributed by atoms with Crippen molar-refractivity contribution in [2.45, 2.75) is 20.0 Å². The van der Waals surface area contributed by atoms with E-state index in [1.807, 2.05) is 0 Å². The quantitative estimate of drug-likeness (QED) is 0.554. The van der Waals surface area contributed by atoms with Gasteiger partial charge in [0.1, 0.15) is 6.29 Å². The number of nitrogens with zero attached hydrogens (tertiary/aromatic N) is 1. The number of benzene rings is 1. The second kappa shape index (κ2) is 7.73. The molecule has 118 valence electrons. The van der Waals surface area contributed by atoms with Crippen molar-refractivity contribution in [3.05, 3.63) is 35.4 Å². The maximum atomic E-state index is 12.4. The van der Waals surface area contributed by atoms with Crippen LogP contribution in [0.1, 0.15) is 25.0 Å². The van der Waals surface area contributed by atoms with Gasteiger partial charge in [-0.15, -0.1) is 0 Å². The minimum Gasteiger partial charge on any atom is -0.308 e. The van der Waals surface area contributed by atoms with Crippen LogP contribution in [0.5, 0.6) is 0 Å². The van der Waals surface area contributed by atoms with E-state index in [4.69, 9.17) is 9.05 Å². The Labute approximate surface area is 121 Å². The molecule has 0 atom stereocenters. The third kappa shape index (κ3) is 5.99. The molecule has 1 aromatic carbocycles. The Morgan fingerprint density at radius 1 is 1.14 bits per heavy atom. The molecule has 0 fully saturated rings. The van der Waals surface area contributed by atoms with E-state index in [0.717, 1.165) is 12.1 Å². The fourth-order valence-electron chi connectivity index (χ4n) is 1.52. The fraction of sp³-hybridized carbons (Fsp3) is 0.462. The normalized spacial score (nSPS) is 13.0. The lowest BCUT2D eigenvalue weighted by Gasteiger charge is -2.14. The predicted molar refractivity (Wildman–Crippen MR) is 74.8 cm³/mol. The molecular formula is C13H17F3NO3P. The number of rotatable bonds is 7. The Morgan fingerprint density at radius 2 is 1.67 bits per heavy atom. The van der Waals surface area contributed by atoms with Crippen LogP contribution < -0.4 is 0 Å². The van der Waals surface area contributed by atoms with Crippen LogP contribution in [-0.4, -0.2) is 25.7 Å². The SMILES string of the molecule is CCOP(=O)(C/N=C/c1ccc(C(F)(F)F)cc1)OCC. The average Bonchev–Trinajstić information content (AvgIpc) is 2.39. The Hall–Kier alpha value is -1.17. The standard InChI is InChI=1S/C13H17F3NO3P/c1-3-19-21(18,20-4-2)10-17-9-11-5-7-12(8-6-11)13(14,15)16/h5-9H,3-4,10H2,1-2H3/b17-9+. The first kappa shape index (κ1) is 17.9. The highest BCUT2D eigenvalue weighted by Crippen LogP contribution is 2.47. The molecule has 0 unspecified atom stereocenters. The molecule has 4 nitrogen and oxygen atoms in total. The highest BCUT2D eigenvalue weighted by molar-refractivity contribution is 7.53. The number of halogens is 3. The predicted octanol–water partition coefficient (Wildman–Crippen LogP) is 4.35. The van der Waals surface area contributed by atoms with Crippen LogP contribution in [0.3, 0.4) is 0 Å². The van der Waals surface area contributed by atoms with Gasteiger partial charge in [0.2, 0.25) is 0 Å². The van der Waals surface area contributed by atoms with Crippen molar-refractivity contribution in [3.63, 3.8) is 0 Å². The molecule has 0 aromatic heterocycles. The molecule has 0 saturated heterocycles. The van der Waals surface area contributed by atoms with Gasteiger partial charge in [-0.2, -0.15) is 13.2 Å². The van der Waals surface area contributed by atoms with Gasteiger partial charge >= 0.3 is 13.8 Å². The molecule has 0 aliphatic carbocycles. The lowest BCUT2D eigenvalue weighted by atomic mass is 10.1. The van der Waals surface area contributed by atoms with Gasteiger partial charge in [0.15, 0.2) is 0 Å². The van der Waals surface area contributed by atoms with Crippen LogP contribution in [0, 0.1) is 0 Å². The number of alkyl halides is 3. The first-order chi connectivity index (χ1) is 9.80. The summed E-state index contributed by atoms with van der Waals surface area (Å²) in [6, 6.07) is 4.51. The minimum absolute atomic E-state index is 0.171. The molecule has 1 rings (SSSR count). The molecule has 0 heterocycles. The van der Waals surface area contributed by atoms with Crippen molar-refractivity contribution in [2.24, 2.45) is 4.99 Å².